The number of nitrogens with zero attached hydrogens (tertiary/aromatic N) is 1. The topological polar surface area (TPSA) is 525 Å². The molecule has 1 aromatic carbocycles. The van der Waals surface area contributed by atoms with Crippen LogP contribution in [-0.4, -0.2) is 143 Å². The van der Waals surface area contributed by atoms with Gasteiger partial charge < -0.3 is 116 Å². The number of nitrogens with one attached hydrogen (secondary N) is 7. The van der Waals surface area contributed by atoms with Crippen LogP contribution in [0.1, 0.15) is 97.5 Å². The highest BCUT2D eigenvalue weighted by Crippen LogP contribution is 2.29. The van der Waals surface area contributed by atoms with Gasteiger partial charge in [0.25, 0.3) is 5.91 Å². The molecule has 0 aliphatic carbocycles. The molecule has 1 saturated heterocycles. The zero-order chi connectivity index (χ0) is 59.2. The maximum Gasteiger partial charge on any atom is 0.278 e. The summed E-state index contributed by atoms with van der Waals surface area (Å²) in [6.45, 7) is 4.79. The first-order valence-electron chi connectivity index (χ1n) is 24.3. The van der Waals surface area contributed by atoms with Gasteiger partial charge in [0.1, 0.15) is 55.9 Å². The van der Waals surface area contributed by atoms with Gasteiger partial charge >= 0.3 is 0 Å². The third-order valence-corrected chi connectivity index (χ3v) is 12.2. The van der Waals surface area contributed by atoms with Crippen molar-refractivity contribution in [3.63, 3.8) is 0 Å². The summed E-state index contributed by atoms with van der Waals surface area (Å²) in [6.07, 6.45) is -5.73. The molecular weight excluding hydrogens is 1060 g/mol. The van der Waals surface area contributed by atoms with Crippen molar-refractivity contribution < 1.29 is 112 Å². The van der Waals surface area contributed by atoms with Crippen LogP contribution in [0.5, 0.6) is 5.75 Å². The smallest absolute Gasteiger partial charge is 0.278 e. The number of hydrogen-bond donors (Lipinski definition) is 8. The van der Waals surface area contributed by atoms with Crippen molar-refractivity contribution in [2.24, 2.45) is 11.8 Å². The van der Waals surface area contributed by atoms with E-state index in [1.165, 1.54) is 39.8 Å². The van der Waals surface area contributed by atoms with Gasteiger partial charge in [-0.25, -0.2) is 0 Å². The Bertz CT molecular complexity index is 2420. The summed E-state index contributed by atoms with van der Waals surface area (Å²) in [5, 5.41) is 72.5. The van der Waals surface area contributed by atoms with E-state index in [2.05, 4.69) is 42.2 Å². The first-order chi connectivity index (χ1) is 36.3. The summed E-state index contributed by atoms with van der Waals surface area (Å²) in [6, 6.07) is -8.36. The van der Waals surface area contributed by atoms with E-state index in [4.69, 9.17) is 0 Å². The van der Waals surface area contributed by atoms with Crippen molar-refractivity contribution in [1.29, 1.82) is 0 Å². The predicted molar refractivity (Wildman–Crippen MR) is 246 cm³/mol. The largest absolute Gasteiger partial charge is 0.780 e. The van der Waals surface area contributed by atoms with Crippen LogP contribution in [0.4, 0.5) is 0 Å². The van der Waals surface area contributed by atoms with Gasteiger partial charge in [-0.15, -0.1) is 0 Å². The molecule has 0 saturated carbocycles. The highest BCUT2D eigenvalue weighted by Gasteiger charge is 2.41. The van der Waals surface area contributed by atoms with Crippen LogP contribution < -0.4 is 82.8 Å². The molecule has 8 atom stereocenters. The van der Waals surface area contributed by atoms with Crippen LogP contribution in [0.15, 0.2) is 24.3 Å². The minimum Gasteiger partial charge on any atom is -0.780 e. The Labute approximate surface area is 445 Å². The van der Waals surface area contributed by atoms with Crippen molar-refractivity contribution in [2.45, 2.75) is 147 Å². The molecule has 0 unspecified atom stereocenters. The lowest BCUT2D eigenvalue weighted by Gasteiger charge is -2.31. The lowest BCUT2D eigenvalue weighted by molar-refractivity contribution is -0.406. The summed E-state index contributed by atoms with van der Waals surface area (Å²) in [7, 11) is -5.55. The Morgan fingerprint density at radius 1 is 0.577 bits per heavy atom. The number of hydrogen-bond acceptors (Lipinski definition) is 22. The predicted octanol–water partition coefficient (Wildman–Crippen LogP) is -11.8. The van der Waals surface area contributed by atoms with Gasteiger partial charge in [-0.3, -0.25) is 38.4 Å². The fourth-order valence-electron chi connectivity index (χ4n) is 7.71. The van der Waals surface area contributed by atoms with Crippen molar-refractivity contribution in [1.82, 2.24) is 42.1 Å². The summed E-state index contributed by atoms with van der Waals surface area (Å²) < 4.78 is 15.6. The van der Waals surface area contributed by atoms with E-state index < -0.39 is 209 Å². The summed E-state index contributed by atoms with van der Waals surface area (Å²) in [4.78, 5) is 190. The highest BCUT2D eigenvalue weighted by atomic mass is 31.2. The molecule has 1 fully saturated rings. The molecule has 0 spiro atoms. The molecule has 0 radical (unpaired) electrons. The Morgan fingerprint density at radius 3 is 1.49 bits per heavy atom. The quantitative estimate of drug-likeness (QED) is 0.0297. The number of carboxylic acids is 5. The Morgan fingerprint density at radius 2 is 1.01 bits per heavy atom. The number of rotatable bonds is 34. The average molecular weight is 1120 g/mol. The molecule has 0 bridgehead atoms. The number of aliphatic carboxylic acids is 5. The van der Waals surface area contributed by atoms with Gasteiger partial charge in [0.05, 0.1) is 12.5 Å². The Balaban J connectivity index is 2.54. The third-order valence-electron chi connectivity index (χ3n) is 11.8. The monoisotopic (exact) mass is 1120 g/mol. The minimum atomic E-state index is -5.55. The lowest BCUT2D eigenvalue weighted by atomic mass is 9.99. The maximum atomic E-state index is 14.3. The summed E-state index contributed by atoms with van der Waals surface area (Å²) >= 11 is 0. The molecular formula is C46H62N9O22P-6. The molecule has 32 heteroatoms. The number of likely N-dealkylation sites (tertiary alicyclic amines) is 1. The molecule has 1 aliphatic rings. The van der Waals surface area contributed by atoms with Gasteiger partial charge in [-0.1, -0.05) is 39.8 Å². The van der Waals surface area contributed by atoms with Crippen LogP contribution in [0, 0.1) is 11.8 Å². The fourth-order valence-corrected chi connectivity index (χ4v) is 8.09. The number of benzene rings is 1. The molecule has 2 rings (SSSR count). The zero-order valence-electron chi connectivity index (χ0n) is 42.9. The standard InChI is InChI=1S/C46H68N9O22P/c1-22(2)37(44(71)48-21-36(64)65)53-41(68)28(13-17-34(60)61)49-40(67)27(12-16-33(58)59)50-42(69)30(20-24-7-9-25(10-8-24)77-78(74,75)76)52-45(72)38(23(3)4)54-43(70)31-6-5-19-55(31)46(73)29(14-18-35(62)63)51-39(66)26(47)11-15-32(56)57/h7-10,22-23,26-31,37-38H,5-6,11-21,47H2,1-4H3,(H,48,71)(H,49,67)(H,50,69)(H,51,66)(H,52,72)(H,53,68)(H,54,70)(H,56,57)(H,58,59)(H,60,61)(H,62,63)(H,64,65)(H2,74,75,76)/p-6/t26-,27-,28-,29-,30-,31-,37-,38-/m0/s1. The van der Waals surface area contributed by atoms with E-state index in [-0.39, 0.29) is 31.4 Å². The number of phosphoric ester groups is 1. The molecule has 78 heavy (non-hydrogen) atoms. The van der Waals surface area contributed by atoms with Gasteiger partial charge in [0.15, 0.2) is 6.04 Å². The zero-order valence-corrected chi connectivity index (χ0v) is 43.8. The first-order valence-corrected chi connectivity index (χ1v) is 25.8. The van der Waals surface area contributed by atoms with E-state index in [1.54, 1.807) is 0 Å². The fraction of sp³-hybridized carbons (Fsp3) is 0.587. The van der Waals surface area contributed by atoms with Gasteiger partial charge in [-0.2, -0.15) is 0 Å². The minimum absolute atomic E-state index is 0.00299. The molecule has 0 aromatic heterocycles. The van der Waals surface area contributed by atoms with Gasteiger partial charge in [-0.05, 0) is 87.3 Å². The summed E-state index contributed by atoms with van der Waals surface area (Å²) in [5.74, 6) is -18.8. The molecule has 8 amide bonds. The van der Waals surface area contributed by atoms with Crippen LogP contribution in [0.3, 0.4) is 0 Å². The van der Waals surface area contributed by atoms with Crippen molar-refractivity contribution in [3.8, 4) is 5.75 Å². The second-order valence-corrected chi connectivity index (χ2v) is 19.8. The third kappa shape index (κ3) is 23.6. The number of carboxylic acid groups (broad SMARTS) is 5. The number of carbonyl (C=O) groups excluding carboxylic acids is 13. The average Bonchev–Trinajstić information content (AvgIpc) is 3.84. The number of quaternary nitrogens is 1. The van der Waals surface area contributed by atoms with Crippen molar-refractivity contribution in [2.75, 3.05) is 13.1 Å². The molecule has 1 heterocycles. The second kappa shape index (κ2) is 31.5. The van der Waals surface area contributed by atoms with E-state index >= 15 is 0 Å². The van der Waals surface area contributed by atoms with Gasteiger partial charge in [0, 0.05) is 43.3 Å². The molecule has 31 nitrogen and oxygen atoms in total. The van der Waals surface area contributed by atoms with Crippen LogP contribution in [-0.2, 0) is 73.3 Å². The molecule has 434 valence electrons. The van der Waals surface area contributed by atoms with E-state index in [9.17, 15) is 102 Å². The van der Waals surface area contributed by atoms with Crippen molar-refractivity contribution in [3.05, 3.63) is 29.8 Å². The molecule has 1 aromatic rings. The normalized spacial score (nSPS) is 15.9. The van der Waals surface area contributed by atoms with Crippen LogP contribution >= 0.6 is 7.82 Å². The summed E-state index contributed by atoms with van der Waals surface area (Å²) in [5.41, 5.74) is 3.68. The SMILES string of the molecule is CC(C)[C@H](NC(=O)[C@H](CCC(=O)[O-])NC(=O)[C@H](CCC(=O)[O-])NC(=O)[C@H](Cc1ccc(OP(=O)([O-])[O-])cc1)NC(=O)[C@@H](NC(=O)[C@@H]1CCCN1C(=O)[C@H](CCC(=O)[O-])NC(=O)[C@@H]([NH3+])CCC(=O)[O-])C(C)C)C(=O)NCC(=O)[O-]. The second-order valence-electron chi connectivity index (χ2n) is 18.7. The lowest BCUT2D eigenvalue weighted by Crippen LogP contribution is -2.69. The van der Waals surface area contributed by atoms with E-state index in [0.717, 1.165) is 17.0 Å². The molecule has 1 aliphatic heterocycles. The van der Waals surface area contributed by atoms with E-state index in [0.29, 0.717) is 0 Å². The van der Waals surface area contributed by atoms with Crippen molar-refractivity contribution >= 4 is 84.9 Å². The maximum absolute atomic E-state index is 14.3. The Kier molecular flexibility index (Phi) is 26.8. The van der Waals surface area contributed by atoms with E-state index in [1.807, 2.05) is 5.32 Å². The Hall–Kier alpha value is -7.76. The highest BCUT2D eigenvalue weighted by molar-refractivity contribution is 7.43. The van der Waals surface area contributed by atoms with Gasteiger partial charge in [0.2, 0.25) is 41.4 Å². The number of phosphoric acid groups is 1. The van der Waals surface area contributed by atoms with Crippen LogP contribution in [0.2, 0.25) is 0 Å². The number of amides is 8. The number of carbonyl (C=O) groups is 13. The van der Waals surface area contributed by atoms with Crippen LogP contribution in [0.25, 0.3) is 0 Å². The molecule has 10 N–H and O–H groups in total. The first kappa shape index (κ1) is 66.4.